The van der Waals surface area contributed by atoms with Crippen molar-refractivity contribution in [2.75, 3.05) is 52.4 Å². The van der Waals surface area contributed by atoms with Crippen LogP contribution in [0.5, 0.6) is 0 Å². The molecule has 0 N–H and O–H groups in total. The van der Waals surface area contributed by atoms with E-state index in [1.165, 1.54) is 0 Å². The Bertz CT molecular complexity index is 867. The summed E-state index contributed by atoms with van der Waals surface area (Å²) in [5, 5.41) is 4.66. The second-order valence-corrected chi connectivity index (χ2v) is 12.6. The van der Waals surface area contributed by atoms with E-state index in [4.69, 9.17) is 14.0 Å². The summed E-state index contributed by atoms with van der Waals surface area (Å²) in [5.41, 5.74) is -0.106. The summed E-state index contributed by atoms with van der Waals surface area (Å²) in [6, 6.07) is 0.429. The monoisotopic (exact) mass is 503 g/mol. The summed E-state index contributed by atoms with van der Waals surface area (Å²) < 4.78 is 20.0. The molecule has 0 aromatic carbocycles. The van der Waals surface area contributed by atoms with Crippen molar-refractivity contribution in [1.82, 2.24) is 24.5 Å². The Labute approximate surface area is 217 Å². The van der Waals surface area contributed by atoms with Crippen LogP contribution in [-0.4, -0.2) is 107 Å². The Morgan fingerprint density at radius 2 is 1.56 bits per heavy atom. The summed E-state index contributed by atoms with van der Waals surface area (Å²) in [7, 11) is -0.352. The van der Waals surface area contributed by atoms with Crippen molar-refractivity contribution in [3.63, 3.8) is 0 Å². The number of piperazine rings is 1. The summed E-state index contributed by atoms with van der Waals surface area (Å²) in [6.07, 6.45) is 7.20. The van der Waals surface area contributed by atoms with Gasteiger partial charge in [0.2, 0.25) is 0 Å². The van der Waals surface area contributed by atoms with Gasteiger partial charge in [-0.1, -0.05) is 0 Å². The fraction of sp³-hybridized carbons (Fsp3) is 0.846. The highest BCUT2D eigenvalue weighted by Crippen LogP contribution is 2.36. The van der Waals surface area contributed by atoms with Gasteiger partial charge in [-0.3, -0.25) is 9.58 Å². The number of rotatable bonds is 6. The van der Waals surface area contributed by atoms with Crippen molar-refractivity contribution in [1.29, 1.82) is 0 Å². The maximum absolute atomic E-state index is 12.2. The molecule has 4 rings (SSSR count). The van der Waals surface area contributed by atoms with Gasteiger partial charge in [-0.2, -0.15) is 5.10 Å². The normalized spacial score (nSPS) is 23.9. The summed E-state index contributed by atoms with van der Waals surface area (Å²) >= 11 is 0. The molecule has 0 spiro atoms. The number of likely N-dealkylation sites (tertiary alicyclic amines) is 1. The van der Waals surface area contributed by atoms with Crippen molar-refractivity contribution in [3.8, 4) is 0 Å². The lowest BCUT2D eigenvalue weighted by Crippen LogP contribution is -2.50. The van der Waals surface area contributed by atoms with Gasteiger partial charge in [0.05, 0.1) is 17.2 Å². The molecule has 0 bridgehead atoms. The zero-order valence-corrected chi connectivity index (χ0v) is 23.5. The van der Waals surface area contributed by atoms with Crippen LogP contribution in [0.3, 0.4) is 0 Å². The first-order valence-electron chi connectivity index (χ1n) is 13.7. The standard InChI is InChI=1S/C26H46BN5O4/c1-24(2,3)34-23(33)31-17-15-30(16-18-31)12-8-11-29-13-9-22(10-14-29)32-20-21(19-28-32)27-35-25(4,5)26(6,7)36-27/h19-20,22H,8-18H2,1-7H3. The second kappa shape index (κ2) is 10.6. The molecule has 202 valence electrons. The summed E-state index contributed by atoms with van der Waals surface area (Å²) in [4.78, 5) is 19.1. The van der Waals surface area contributed by atoms with Gasteiger partial charge >= 0.3 is 13.2 Å². The van der Waals surface area contributed by atoms with Crippen LogP contribution in [0.4, 0.5) is 4.79 Å². The van der Waals surface area contributed by atoms with E-state index in [-0.39, 0.29) is 24.4 Å². The quantitative estimate of drug-likeness (QED) is 0.553. The molecule has 9 nitrogen and oxygen atoms in total. The molecule has 10 heteroatoms. The molecule has 3 aliphatic heterocycles. The smallest absolute Gasteiger partial charge is 0.444 e. The summed E-state index contributed by atoms with van der Waals surface area (Å²) in [6.45, 7) is 21.8. The zero-order chi connectivity index (χ0) is 26.1. The van der Waals surface area contributed by atoms with E-state index >= 15 is 0 Å². The van der Waals surface area contributed by atoms with Gasteiger partial charge in [0.1, 0.15) is 5.60 Å². The van der Waals surface area contributed by atoms with Crippen LogP contribution in [0.2, 0.25) is 0 Å². The summed E-state index contributed by atoms with van der Waals surface area (Å²) in [5.74, 6) is 0. The Morgan fingerprint density at radius 1 is 1.00 bits per heavy atom. The van der Waals surface area contributed by atoms with Crippen LogP contribution in [0.1, 0.15) is 73.8 Å². The number of aromatic nitrogens is 2. The van der Waals surface area contributed by atoms with Crippen LogP contribution in [0.25, 0.3) is 0 Å². The molecule has 0 saturated carbocycles. The average Bonchev–Trinajstić information content (AvgIpc) is 3.36. The fourth-order valence-corrected chi connectivity index (χ4v) is 5.06. The first-order chi connectivity index (χ1) is 16.8. The molecule has 1 aromatic rings. The Kier molecular flexibility index (Phi) is 8.10. The predicted molar refractivity (Wildman–Crippen MR) is 142 cm³/mol. The molecule has 3 aliphatic rings. The highest BCUT2D eigenvalue weighted by Gasteiger charge is 2.52. The SMILES string of the molecule is CC(C)(C)OC(=O)N1CCN(CCCN2CCC(n3cc(B4OC(C)(C)C(C)(C)O4)cn3)CC2)CC1. The van der Waals surface area contributed by atoms with E-state index in [2.05, 4.69) is 53.5 Å². The van der Waals surface area contributed by atoms with Crippen LogP contribution in [0.15, 0.2) is 12.4 Å². The molecule has 0 aliphatic carbocycles. The molecule has 3 saturated heterocycles. The van der Waals surface area contributed by atoms with Crippen LogP contribution in [0, 0.1) is 0 Å². The predicted octanol–water partition coefficient (Wildman–Crippen LogP) is 2.76. The molecular formula is C26H46BN5O4. The topological polar surface area (TPSA) is 72.3 Å². The number of hydrogen-bond acceptors (Lipinski definition) is 7. The highest BCUT2D eigenvalue weighted by molar-refractivity contribution is 6.62. The van der Waals surface area contributed by atoms with E-state index in [1.54, 1.807) is 0 Å². The zero-order valence-electron chi connectivity index (χ0n) is 23.5. The number of nitrogens with zero attached hydrogens (tertiary/aromatic N) is 5. The Hall–Kier alpha value is -1.62. The third kappa shape index (κ3) is 6.63. The van der Waals surface area contributed by atoms with Gasteiger partial charge in [-0.15, -0.1) is 0 Å². The lowest BCUT2D eigenvalue weighted by atomic mass is 9.82. The molecule has 36 heavy (non-hydrogen) atoms. The third-order valence-corrected chi connectivity index (χ3v) is 8.05. The van der Waals surface area contributed by atoms with Crippen molar-refractivity contribution < 1.29 is 18.8 Å². The molecular weight excluding hydrogens is 457 g/mol. The molecule has 1 aromatic heterocycles. The van der Waals surface area contributed by atoms with E-state index in [1.807, 2.05) is 31.9 Å². The number of carbonyl (C=O) groups is 1. The number of carbonyl (C=O) groups excluding carboxylic acids is 1. The van der Waals surface area contributed by atoms with Crippen molar-refractivity contribution >= 4 is 18.7 Å². The van der Waals surface area contributed by atoms with Gasteiger partial charge in [0, 0.05) is 57.1 Å². The van der Waals surface area contributed by atoms with Gasteiger partial charge in [-0.25, -0.2) is 4.79 Å². The average molecular weight is 503 g/mol. The lowest BCUT2D eigenvalue weighted by molar-refractivity contribution is 0.00578. The molecule has 0 atom stereocenters. The number of hydrogen-bond donors (Lipinski definition) is 0. The minimum Gasteiger partial charge on any atom is -0.444 e. The fourth-order valence-electron chi connectivity index (χ4n) is 5.06. The van der Waals surface area contributed by atoms with Crippen LogP contribution in [-0.2, 0) is 14.0 Å². The first kappa shape index (κ1) is 27.4. The van der Waals surface area contributed by atoms with Gasteiger partial charge in [-0.05, 0) is 80.8 Å². The van der Waals surface area contributed by atoms with Gasteiger partial charge in [0.25, 0.3) is 0 Å². The van der Waals surface area contributed by atoms with E-state index in [9.17, 15) is 4.79 Å². The Morgan fingerprint density at radius 3 is 2.11 bits per heavy atom. The van der Waals surface area contributed by atoms with Crippen LogP contribution >= 0.6 is 0 Å². The molecule has 1 amide bonds. The molecule has 0 unspecified atom stereocenters. The number of ether oxygens (including phenoxy) is 1. The molecule has 4 heterocycles. The third-order valence-electron chi connectivity index (χ3n) is 8.05. The molecule has 3 fully saturated rings. The Balaban J connectivity index is 1.14. The largest absolute Gasteiger partial charge is 0.498 e. The molecule has 0 radical (unpaired) electrons. The van der Waals surface area contributed by atoms with Gasteiger partial charge < -0.3 is 23.8 Å². The first-order valence-corrected chi connectivity index (χ1v) is 13.7. The van der Waals surface area contributed by atoms with E-state index in [0.717, 1.165) is 77.1 Å². The maximum atomic E-state index is 12.2. The van der Waals surface area contributed by atoms with Crippen molar-refractivity contribution in [3.05, 3.63) is 12.4 Å². The minimum atomic E-state index is -0.436. The number of piperidine rings is 1. The minimum absolute atomic E-state index is 0.190. The number of amides is 1. The van der Waals surface area contributed by atoms with Crippen molar-refractivity contribution in [2.24, 2.45) is 0 Å². The second-order valence-electron chi connectivity index (χ2n) is 12.6. The van der Waals surface area contributed by atoms with Crippen LogP contribution < -0.4 is 5.46 Å². The van der Waals surface area contributed by atoms with Gasteiger partial charge in [0.15, 0.2) is 0 Å². The maximum Gasteiger partial charge on any atom is 0.498 e. The van der Waals surface area contributed by atoms with E-state index < -0.39 is 5.60 Å². The lowest BCUT2D eigenvalue weighted by Gasteiger charge is -2.36. The van der Waals surface area contributed by atoms with Crippen molar-refractivity contribution in [2.45, 2.75) is 90.6 Å². The highest BCUT2D eigenvalue weighted by atomic mass is 16.7. The van der Waals surface area contributed by atoms with E-state index in [0.29, 0.717) is 6.04 Å².